The fraction of sp³-hybridized carbons (Fsp3) is 0.533. The second kappa shape index (κ2) is 6.49. The Bertz CT molecular complexity index is 615. The Labute approximate surface area is 133 Å². The molecular weight excluding hydrogens is 305 g/mol. The second-order valence-corrected chi connectivity index (χ2v) is 6.36. The van der Waals surface area contributed by atoms with Crippen LogP contribution in [0.1, 0.15) is 32.4 Å². The number of nitrogens with zero attached hydrogens (tertiary/aromatic N) is 2. The van der Waals surface area contributed by atoms with E-state index in [1.807, 2.05) is 0 Å². The fourth-order valence-corrected chi connectivity index (χ4v) is 2.42. The van der Waals surface area contributed by atoms with E-state index in [9.17, 15) is 19.3 Å². The predicted molar refractivity (Wildman–Crippen MR) is 81.6 cm³/mol. The molecule has 1 aliphatic rings. The molecule has 23 heavy (non-hydrogen) atoms. The molecule has 8 heteroatoms. The van der Waals surface area contributed by atoms with E-state index in [1.54, 1.807) is 20.8 Å². The number of nitro groups is 1. The minimum Gasteiger partial charge on any atom is -0.444 e. The highest BCUT2D eigenvalue weighted by molar-refractivity contribution is 5.69. The standard InChI is InChI=1S/C15H20FN3O4/c1-15(2,3)23-14(20)18-7-6-17-9-13(18)11-5-4-10(19(21)22)8-12(11)16/h4-5,8,13,17H,6-7,9H2,1-3H3. The quantitative estimate of drug-likeness (QED) is 0.667. The van der Waals surface area contributed by atoms with Gasteiger partial charge in [0.2, 0.25) is 0 Å². The lowest BCUT2D eigenvalue weighted by atomic mass is 10.0. The number of rotatable bonds is 2. The Morgan fingerprint density at radius 3 is 2.74 bits per heavy atom. The van der Waals surface area contributed by atoms with Gasteiger partial charge >= 0.3 is 6.09 Å². The van der Waals surface area contributed by atoms with Gasteiger partial charge in [0, 0.05) is 31.3 Å². The molecule has 1 atom stereocenters. The van der Waals surface area contributed by atoms with Gasteiger partial charge < -0.3 is 10.1 Å². The largest absolute Gasteiger partial charge is 0.444 e. The van der Waals surface area contributed by atoms with E-state index in [1.165, 1.54) is 17.0 Å². The molecule has 0 aromatic heterocycles. The van der Waals surface area contributed by atoms with E-state index < -0.39 is 28.5 Å². The fourth-order valence-electron chi connectivity index (χ4n) is 2.42. The highest BCUT2D eigenvalue weighted by Crippen LogP contribution is 2.28. The zero-order valence-corrected chi connectivity index (χ0v) is 13.3. The van der Waals surface area contributed by atoms with E-state index in [0.29, 0.717) is 19.6 Å². The summed E-state index contributed by atoms with van der Waals surface area (Å²) in [5.74, 6) is -0.707. The van der Waals surface area contributed by atoms with Crippen LogP contribution in [0.3, 0.4) is 0 Å². The molecule has 0 bridgehead atoms. The van der Waals surface area contributed by atoms with E-state index >= 15 is 0 Å². The lowest BCUT2D eigenvalue weighted by Gasteiger charge is -2.37. The number of nitrogens with one attached hydrogen (secondary N) is 1. The summed E-state index contributed by atoms with van der Waals surface area (Å²) in [4.78, 5) is 23.8. The number of hydrogen-bond donors (Lipinski definition) is 1. The van der Waals surface area contributed by atoms with Crippen LogP contribution in [0.15, 0.2) is 18.2 Å². The molecule has 1 saturated heterocycles. The lowest BCUT2D eigenvalue weighted by Crippen LogP contribution is -2.50. The van der Waals surface area contributed by atoms with Gasteiger partial charge in [-0.3, -0.25) is 15.0 Å². The van der Waals surface area contributed by atoms with Crippen LogP contribution in [-0.4, -0.2) is 41.2 Å². The maximum absolute atomic E-state index is 14.3. The smallest absolute Gasteiger partial charge is 0.410 e. The molecule has 1 fully saturated rings. The molecule has 2 rings (SSSR count). The molecule has 1 heterocycles. The Morgan fingerprint density at radius 1 is 1.48 bits per heavy atom. The monoisotopic (exact) mass is 325 g/mol. The predicted octanol–water partition coefficient (Wildman–Crippen LogP) is 2.62. The molecule has 0 radical (unpaired) electrons. The maximum atomic E-state index is 14.3. The summed E-state index contributed by atoms with van der Waals surface area (Å²) in [6.45, 7) is 6.58. The van der Waals surface area contributed by atoms with E-state index in [0.717, 1.165) is 6.07 Å². The van der Waals surface area contributed by atoms with Crippen molar-refractivity contribution in [3.63, 3.8) is 0 Å². The van der Waals surface area contributed by atoms with Crippen molar-refractivity contribution < 1.29 is 18.8 Å². The number of non-ortho nitro benzene ring substituents is 1. The van der Waals surface area contributed by atoms with Crippen LogP contribution in [0.2, 0.25) is 0 Å². The first-order valence-corrected chi connectivity index (χ1v) is 7.33. The molecular formula is C15H20FN3O4. The number of ether oxygens (including phenoxy) is 1. The summed E-state index contributed by atoms with van der Waals surface area (Å²) >= 11 is 0. The van der Waals surface area contributed by atoms with Crippen LogP contribution >= 0.6 is 0 Å². The molecule has 1 aliphatic heterocycles. The summed E-state index contributed by atoms with van der Waals surface area (Å²) in [6.07, 6.45) is -0.526. The third-order valence-electron chi connectivity index (χ3n) is 3.43. The first kappa shape index (κ1) is 17.1. The molecule has 1 N–H and O–H groups in total. The summed E-state index contributed by atoms with van der Waals surface area (Å²) in [7, 11) is 0. The van der Waals surface area contributed by atoms with Crippen LogP contribution in [0.25, 0.3) is 0 Å². The molecule has 1 amide bonds. The lowest BCUT2D eigenvalue weighted by molar-refractivity contribution is -0.385. The molecule has 0 aliphatic carbocycles. The summed E-state index contributed by atoms with van der Waals surface area (Å²) in [6, 6.07) is 2.89. The number of nitro benzene ring substituents is 1. The van der Waals surface area contributed by atoms with Gasteiger partial charge in [0.1, 0.15) is 11.4 Å². The number of amides is 1. The summed E-state index contributed by atoms with van der Waals surface area (Å²) in [5, 5.41) is 13.8. The minimum absolute atomic E-state index is 0.230. The van der Waals surface area contributed by atoms with Crippen LogP contribution in [0, 0.1) is 15.9 Å². The van der Waals surface area contributed by atoms with Crippen molar-refractivity contribution >= 4 is 11.8 Å². The number of carbonyl (C=O) groups is 1. The van der Waals surface area contributed by atoms with Crippen LogP contribution in [-0.2, 0) is 4.74 Å². The molecule has 1 aromatic carbocycles. The topological polar surface area (TPSA) is 84.7 Å². The van der Waals surface area contributed by atoms with Crippen LogP contribution < -0.4 is 5.32 Å². The van der Waals surface area contributed by atoms with Gasteiger partial charge in [0.15, 0.2) is 0 Å². The van der Waals surface area contributed by atoms with E-state index in [-0.39, 0.29) is 11.3 Å². The third-order valence-corrected chi connectivity index (χ3v) is 3.43. The normalized spacial score (nSPS) is 18.6. The second-order valence-electron chi connectivity index (χ2n) is 6.36. The zero-order valence-electron chi connectivity index (χ0n) is 13.3. The molecule has 1 unspecified atom stereocenters. The van der Waals surface area contributed by atoms with E-state index in [4.69, 9.17) is 4.74 Å². The zero-order chi connectivity index (χ0) is 17.2. The van der Waals surface area contributed by atoms with Crippen molar-refractivity contribution in [3.8, 4) is 0 Å². The van der Waals surface area contributed by atoms with Crippen molar-refractivity contribution in [3.05, 3.63) is 39.7 Å². The SMILES string of the molecule is CC(C)(C)OC(=O)N1CCNCC1c1ccc([N+](=O)[O-])cc1F. The first-order chi connectivity index (χ1) is 10.7. The average molecular weight is 325 g/mol. The molecule has 0 saturated carbocycles. The highest BCUT2D eigenvalue weighted by atomic mass is 19.1. The Hall–Kier alpha value is -2.22. The van der Waals surface area contributed by atoms with Gasteiger partial charge in [-0.1, -0.05) is 0 Å². The molecule has 0 spiro atoms. The summed E-state index contributed by atoms with van der Waals surface area (Å²) in [5.41, 5.74) is -0.743. The van der Waals surface area contributed by atoms with Gasteiger partial charge in [-0.2, -0.15) is 0 Å². The molecule has 126 valence electrons. The third kappa shape index (κ3) is 4.16. The van der Waals surface area contributed by atoms with Crippen molar-refractivity contribution in [2.45, 2.75) is 32.4 Å². The van der Waals surface area contributed by atoms with Crippen LogP contribution in [0.5, 0.6) is 0 Å². The van der Waals surface area contributed by atoms with Crippen molar-refractivity contribution in [2.24, 2.45) is 0 Å². The van der Waals surface area contributed by atoms with Gasteiger partial charge in [0.05, 0.1) is 17.0 Å². The number of piperazine rings is 1. The molecule has 1 aromatic rings. The van der Waals surface area contributed by atoms with Gasteiger partial charge in [-0.05, 0) is 26.8 Å². The maximum Gasteiger partial charge on any atom is 0.410 e. The Balaban J connectivity index is 2.28. The summed E-state index contributed by atoms with van der Waals surface area (Å²) < 4.78 is 19.6. The van der Waals surface area contributed by atoms with Crippen LogP contribution in [0.4, 0.5) is 14.9 Å². The minimum atomic E-state index is -0.707. The van der Waals surface area contributed by atoms with Crippen molar-refractivity contribution in [1.82, 2.24) is 10.2 Å². The van der Waals surface area contributed by atoms with Crippen molar-refractivity contribution in [2.75, 3.05) is 19.6 Å². The van der Waals surface area contributed by atoms with Gasteiger partial charge in [0.25, 0.3) is 5.69 Å². The average Bonchev–Trinajstić information content (AvgIpc) is 2.45. The highest BCUT2D eigenvalue weighted by Gasteiger charge is 2.33. The number of hydrogen-bond acceptors (Lipinski definition) is 5. The molecule has 7 nitrogen and oxygen atoms in total. The number of benzene rings is 1. The van der Waals surface area contributed by atoms with Gasteiger partial charge in [-0.25, -0.2) is 9.18 Å². The van der Waals surface area contributed by atoms with Gasteiger partial charge in [-0.15, -0.1) is 0 Å². The first-order valence-electron chi connectivity index (χ1n) is 7.33. The number of halogens is 1. The van der Waals surface area contributed by atoms with Crippen molar-refractivity contribution in [1.29, 1.82) is 0 Å². The van der Waals surface area contributed by atoms with E-state index in [2.05, 4.69) is 5.32 Å². The number of carbonyl (C=O) groups excluding carboxylic acids is 1. The Morgan fingerprint density at radius 2 is 2.17 bits per heavy atom. The Kier molecular flexibility index (Phi) is 4.84.